The Balaban J connectivity index is 2.04. The van der Waals surface area contributed by atoms with Gasteiger partial charge in [0.05, 0.1) is 5.02 Å². The van der Waals surface area contributed by atoms with E-state index in [1.165, 1.54) is 0 Å². The van der Waals surface area contributed by atoms with Crippen molar-refractivity contribution in [3.63, 3.8) is 0 Å². The Bertz CT molecular complexity index is 447. The Morgan fingerprint density at radius 2 is 2.00 bits per heavy atom. The van der Waals surface area contributed by atoms with E-state index in [0.717, 1.165) is 44.0 Å². The van der Waals surface area contributed by atoms with Crippen molar-refractivity contribution >= 4 is 17.4 Å². The molecule has 1 fully saturated rings. The molecular formula is C15H24ClN3O2. The van der Waals surface area contributed by atoms with Crippen molar-refractivity contribution in [3.8, 4) is 0 Å². The average Bonchev–Trinajstić information content (AvgIpc) is 2.90. The van der Waals surface area contributed by atoms with Crippen LogP contribution in [0.15, 0.2) is 12.3 Å². The summed E-state index contributed by atoms with van der Waals surface area (Å²) in [6, 6.07) is 1.98. The maximum Gasteiger partial charge on any atom is 0.147 e. The van der Waals surface area contributed by atoms with Crippen LogP contribution in [-0.4, -0.2) is 51.0 Å². The first kappa shape index (κ1) is 16.5. The number of pyridine rings is 1. The molecule has 1 N–H and O–H groups in total. The molecule has 2 atom stereocenters. The van der Waals surface area contributed by atoms with Gasteiger partial charge >= 0.3 is 0 Å². The molecule has 1 aliphatic heterocycles. The molecule has 1 aliphatic rings. The number of nitrogens with one attached hydrogen (secondary N) is 1. The highest BCUT2D eigenvalue weighted by molar-refractivity contribution is 6.33. The highest BCUT2D eigenvalue weighted by Crippen LogP contribution is 2.28. The van der Waals surface area contributed by atoms with E-state index >= 15 is 0 Å². The molecule has 2 unspecified atom stereocenters. The monoisotopic (exact) mass is 313 g/mol. The van der Waals surface area contributed by atoms with E-state index in [-0.39, 0.29) is 12.2 Å². The normalized spacial score (nSPS) is 22.0. The third kappa shape index (κ3) is 4.07. The van der Waals surface area contributed by atoms with Crippen molar-refractivity contribution in [2.45, 2.75) is 32.1 Å². The second-order valence-electron chi connectivity index (χ2n) is 5.28. The first-order chi connectivity index (χ1) is 10.2. The third-order valence-corrected chi connectivity index (χ3v) is 4.03. The minimum atomic E-state index is 0.0544. The maximum atomic E-state index is 6.39. The molecule has 0 aromatic carbocycles. The van der Waals surface area contributed by atoms with E-state index in [0.29, 0.717) is 5.02 Å². The minimum Gasteiger partial charge on any atom is -0.377 e. The predicted molar refractivity (Wildman–Crippen MR) is 85.1 cm³/mol. The van der Waals surface area contributed by atoms with Crippen molar-refractivity contribution in [1.82, 2.24) is 10.3 Å². The summed E-state index contributed by atoms with van der Waals surface area (Å²) >= 11 is 6.39. The topological polar surface area (TPSA) is 46.6 Å². The van der Waals surface area contributed by atoms with Crippen LogP contribution in [0, 0.1) is 0 Å². The molecule has 0 radical (unpaired) electrons. The fourth-order valence-corrected chi connectivity index (χ4v) is 2.89. The van der Waals surface area contributed by atoms with E-state index in [9.17, 15) is 0 Å². The highest BCUT2D eigenvalue weighted by atomic mass is 35.5. The van der Waals surface area contributed by atoms with Crippen molar-refractivity contribution in [2.24, 2.45) is 0 Å². The van der Waals surface area contributed by atoms with Crippen LogP contribution in [0.25, 0.3) is 0 Å². The molecule has 0 spiro atoms. The van der Waals surface area contributed by atoms with Gasteiger partial charge in [-0.05, 0) is 24.6 Å². The number of methoxy groups -OCH3 is 2. The summed E-state index contributed by atoms with van der Waals surface area (Å²) < 4.78 is 10.9. The zero-order chi connectivity index (χ0) is 15.2. The molecule has 1 aromatic rings. The number of halogens is 1. The fraction of sp³-hybridized carbons (Fsp3) is 0.667. The number of nitrogens with zero attached hydrogens (tertiary/aromatic N) is 2. The van der Waals surface area contributed by atoms with Gasteiger partial charge in [-0.1, -0.05) is 18.5 Å². The van der Waals surface area contributed by atoms with E-state index < -0.39 is 0 Å². The Morgan fingerprint density at radius 3 is 2.52 bits per heavy atom. The highest BCUT2D eigenvalue weighted by Gasteiger charge is 2.34. The largest absolute Gasteiger partial charge is 0.377 e. The third-order valence-electron chi connectivity index (χ3n) is 3.75. The lowest BCUT2D eigenvalue weighted by atomic mass is 10.2. The van der Waals surface area contributed by atoms with Crippen LogP contribution in [0.4, 0.5) is 5.82 Å². The quantitative estimate of drug-likeness (QED) is 0.781. The predicted octanol–water partition coefficient (Wildman–Crippen LogP) is 2.08. The molecule has 0 amide bonds. The summed E-state index contributed by atoms with van der Waals surface area (Å²) in [6.45, 7) is 5.43. The van der Waals surface area contributed by atoms with Crippen LogP contribution in [0.5, 0.6) is 0 Å². The number of hydrogen-bond donors (Lipinski definition) is 1. The van der Waals surface area contributed by atoms with E-state index in [4.69, 9.17) is 21.1 Å². The Morgan fingerprint density at radius 1 is 1.33 bits per heavy atom. The lowest BCUT2D eigenvalue weighted by molar-refractivity contribution is -0.00461. The first-order valence-corrected chi connectivity index (χ1v) is 7.73. The van der Waals surface area contributed by atoms with E-state index in [1.54, 1.807) is 14.2 Å². The van der Waals surface area contributed by atoms with Crippen LogP contribution in [-0.2, 0) is 16.0 Å². The fourth-order valence-electron chi connectivity index (χ4n) is 2.58. The van der Waals surface area contributed by atoms with Crippen molar-refractivity contribution in [3.05, 3.63) is 22.8 Å². The molecule has 0 aliphatic carbocycles. The summed E-state index contributed by atoms with van der Waals surface area (Å²) in [4.78, 5) is 6.64. The molecule has 5 nitrogen and oxygen atoms in total. The molecule has 21 heavy (non-hydrogen) atoms. The standard InChI is InChI=1S/C15H24ClN3O2/c1-4-5-17-7-11-6-12(16)15(18-8-11)19-9-13(20-2)14(10-19)21-3/h6,8,13-14,17H,4-5,7,9-10H2,1-3H3. The summed E-state index contributed by atoms with van der Waals surface area (Å²) in [5.41, 5.74) is 1.10. The van der Waals surface area contributed by atoms with Gasteiger partial charge < -0.3 is 19.7 Å². The number of hydrogen-bond acceptors (Lipinski definition) is 5. The van der Waals surface area contributed by atoms with Crippen LogP contribution in [0.2, 0.25) is 5.02 Å². The number of ether oxygens (including phenoxy) is 2. The van der Waals surface area contributed by atoms with Gasteiger partial charge in [-0.25, -0.2) is 4.98 Å². The number of anilines is 1. The van der Waals surface area contributed by atoms with Gasteiger partial charge in [-0.2, -0.15) is 0 Å². The van der Waals surface area contributed by atoms with Crippen LogP contribution in [0.1, 0.15) is 18.9 Å². The molecule has 2 rings (SSSR count). The van der Waals surface area contributed by atoms with E-state index in [1.807, 2.05) is 12.3 Å². The Kier molecular flexibility index (Phi) is 6.23. The molecule has 1 saturated heterocycles. The molecule has 0 saturated carbocycles. The summed E-state index contributed by atoms with van der Waals surface area (Å²) in [7, 11) is 3.41. The van der Waals surface area contributed by atoms with Gasteiger partial charge in [0.25, 0.3) is 0 Å². The van der Waals surface area contributed by atoms with Crippen LogP contribution in [0.3, 0.4) is 0 Å². The summed E-state index contributed by atoms with van der Waals surface area (Å²) in [5, 5.41) is 4.03. The van der Waals surface area contributed by atoms with Gasteiger partial charge in [-0.15, -0.1) is 0 Å². The van der Waals surface area contributed by atoms with Crippen LogP contribution >= 0.6 is 11.6 Å². The SMILES string of the molecule is CCCNCc1cnc(N2CC(OC)C(OC)C2)c(Cl)c1. The number of rotatable bonds is 7. The average molecular weight is 314 g/mol. The van der Waals surface area contributed by atoms with Gasteiger partial charge in [0.15, 0.2) is 0 Å². The van der Waals surface area contributed by atoms with Crippen LogP contribution < -0.4 is 10.2 Å². The summed E-state index contributed by atoms with van der Waals surface area (Å²) in [6.07, 6.45) is 3.10. The molecular weight excluding hydrogens is 290 g/mol. The lowest BCUT2D eigenvalue weighted by Gasteiger charge is -2.18. The summed E-state index contributed by atoms with van der Waals surface area (Å²) in [5.74, 6) is 0.803. The minimum absolute atomic E-state index is 0.0544. The van der Waals surface area contributed by atoms with Gasteiger partial charge in [-0.3, -0.25) is 0 Å². The van der Waals surface area contributed by atoms with Gasteiger partial charge in [0, 0.05) is 40.1 Å². The molecule has 0 bridgehead atoms. The Labute approximate surface area is 131 Å². The smallest absolute Gasteiger partial charge is 0.147 e. The zero-order valence-corrected chi connectivity index (χ0v) is 13.7. The van der Waals surface area contributed by atoms with E-state index in [2.05, 4.69) is 22.1 Å². The van der Waals surface area contributed by atoms with Crippen molar-refractivity contribution < 1.29 is 9.47 Å². The second kappa shape index (κ2) is 7.94. The lowest BCUT2D eigenvalue weighted by Crippen LogP contribution is -2.27. The molecule has 1 aromatic heterocycles. The van der Waals surface area contributed by atoms with Gasteiger partial charge in [0.1, 0.15) is 18.0 Å². The first-order valence-electron chi connectivity index (χ1n) is 7.35. The van der Waals surface area contributed by atoms with Gasteiger partial charge in [0.2, 0.25) is 0 Å². The second-order valence-corrected chi connectivity index (χ2v) is 5.69. The molecule has 6 heteroatoms. The maximum absolute atomic E-state index is 6.39. The Hall–Kier alpha value is -0.880. The van der Waals surface area contributed by atoms with Crippen molar-refractivity contribution in [1.29, 1.82) is 0 Å². The molecule has 2 heterocycles. The molecule has 118 valence electrons. The zero-order valence-electron chi connectivity index (χ0n) is 12.9. The number of aromatic nitrogens is 1. The van der Waals surface area contributed by atoms with Crippen molar-refractivity contribution in [2.75, 3.05) is 38.8 Å².